The Morgan fingerprint density at radius 2 is 2.00 bits per heavy atom. The zero-order valence-corrected chi connectivity index (χ0v) is 15.7. The van der Waals surface area contributed by atoms with Crippen LogP contribution in [-0.2, 0) is 0 Å². The molecule has 0 aliphatic heterocycles. The maximum Gasteiger partial charge on any atom is 0.251 e. The molecular weight excluding hydrogens is 353 g/mol. The Hall–Kier alpha value is -1.14. The summed E-state index contributed by atoms with van der Waals surface area (Å²) in [5, 5.41) is 9.15. The van der Waals surface area contributed by atoms with Crippen LogP contribution in [0.25, 0.3) is 10.6 Å². The third-order valence-corrected chi connectivity index (χ3v) is 4.01. The lowest BCUT2D eigenvalue weighted by molar-refractivity contribution is 0.0954. The van der Waals surface area contributed by atoms with Crippen molar-refractivity contribution in [3.05, 3.63) is 40.9 Å². The molecule has 0 aliphatic carbocycles. The summed E-state index contributed by atoms with van der Waals surface area (Å²) in [6.45, 7) is 6.51. The third-order valence-electron chi connectivity index (χ3n) is 3.00. The van der Waals surface area contributed by atoms with Crippen LogP contribution in [0.1, 0.15) is 29.4 Å². The molecule has 0 unspecified atom stereocenters. The number of amides is 1. The van der Waals surface area contributed by atoms with E-state index < -0.39 is 0 Å². The molecule has 23 heavy (non-hydrogen) atoms. The zero-order valence-electron chi connectivity index (χ0n) is 13.3. The average Bonchev–Trinajstić information content (AvgIpc) is 2.93. The first-order valence-corrected chi connectivity index (χ1v) is 8.10. The molecule has 0 aliphatic rings. The molecule has 1 amide bonds. The van der Waals surface area contributed by atoms with Crippen LogP contribution in [0.5, 0.6) is 0 Å². The molecule has 0 radical (unpaired) electrons. The lowest BCUT2D eigenvalue weighted by Gasteiger charge is -2.07. The number of rotatable bonds is 7. The molecular formula is C16H23Cl2N3OS. The van der Waals surface area contributed by atoms with Crippen LogP contribution in [0.2, 0.25) is 0 Å². The molecule has 2 N–H and O–H groups in total. The van der Waals surface area contributed by atoms with Crippen molar-refractivity contribution in [1.82, 2.24) is 15.6 Å². The van der Waals surface area contributed by atoms with E-state index >= 15 is 0 Å². The third kappa shape index (κ3) is 6.87. The number of carbonyl (C=O) groups excluding carboxylic acids is 1. The summed E-state index contributed by atoms with van der Waals surface area (Å²) in [7, 11) is 0. The van der Waals surface area contributed by atoms with E-state index in [0.717, 1.165) is 35.8 Å². The van der Waals surface area contributed by atoms with Crippen molar-refractivity contribution in [1.29, 1.82) is 0 Å². The lowest BCUT2D eigenvalue weighted by atomic mass is 10.1. The van der Waals surface area contributed by atoms with Gasteiger partial charge in [-0.05, 0) is 32.0 Å². The van der Waals surface area contributed by atoms with Crippen molar-refractivity contribution in [3.8, 4) is 10.6 Å². The van der Waals surface area contributed by atoms with E-state index in [1.807, 2.05) is 36.6 Å². The summed E-state index contributed by atoms with van der Waals surface area (Å²) < 4.78 is 0. The standard InChI is InChI=1S/C16H21N3OS.2ClH/c1-3-7-17-8-9-18-15(20)13-5-4-6-14(10-13)16-19-12(2)11-21-16;;/h4-6,10-11,17H,3,7-9H2,1-2H3,(H,18,20);2*1H. The minimum atomic E-state index is -0.0385. The molecule has 128 valence electrons. The second-order valence-electron chi connectivity index (χ2n) is 4.88. The molecule has 0 bridgehead atoms. The van der Waals surface area contributed by atoms with Crippen LogP contribution in [0.15, 0.2) is 29.6 Å². The summed E-state index contributed by atoms with van der Waals surface area (Å²) in [5.74, 6) is -0.0385. The van der Waals surface area contributed by atoms with E-state index in [4.69, 9.17) is 0 Å². The van der Waals surface area contributed by atoms with Gasteiger partial charge in [0.15, 0.2) is 0 Å². The smallest absolute Gasteiger partial charge is 0.251 e. The van der Waals surface area contributed by atoms with Gasteiger partial charge in [0, 0.05) is 35.3 Å². The molecule has 7 heteroatoms. The number of halogens is 2. The number of aryl methyl sites for hydroxylation is 1. The van der Waals surface area contributed by atoms with E-state index in [-0.39, 0.29) is 30.7 Å². The van der Waals surface area contributed by atoms with Gasteiger partial charge in [-0.3, -0.25) is 4.79 Å². The highest BCUT2D eigenvalue weighted by Gasteiger charge is 2.08. The number of nitrogens with one attached hydrogen (secondary N) is 2. The number of hydrogen-bond donors (Lipinski definition) is 2. The fourth-order valence-corrected chi connectivity index (χ4v) is 2.74. The highest BCUT2D eigenvalue weighted by atomic mass is 35.5. The van der Waals surface area contributed by atoms with E-state index in [2.05, 4.69) is 22.5 Å². The molecule has 0 spiro atoms. The summed E-state index contributed by atoms with van der Waals surface area (Å²) in [6, 6.07) is 7.61. The van der Waals surface area contributed by atoms with Crippen LogP contribution in [-0.4, -0.2) is 30.5 Å². The fourth-order valence-electron chi connectivity index (χ4n) is 1.95. The van der Waals surface area contributed by atoms with Crippen molar-refractivity contribution >= 4 is 42.1 Å². The van der Waals surface area contributed by atoms with E-state index in [0.29, 0.717) is 12.1 Å². The van der Waals surface area contributed by atoms with E-state index in [9.17, 15) is 4.79 Å². The fraction of sp³-hybridized carbons (Fsp3) is 0.375. The molecule has 0 saturated heterocycles. The summed E-state index contributed by atoms with van der Waals surface area (Å²) in [4.78, 5) is 16.6. The van der Waals surface area contributed by atoms with E-state index in [1.165, 1.54) is 0 Å². The largest absolute Gasteiger partial charge is 0.351 e. The van der Waals surface area contributed by atoms with Crippen molar-refractivity contribution in [2.75, 3.05) is 19.6 Å². The zero-order chi connectivity index (χ0) is 15.1. The normalized spacial score (nSPS) is 9.65. The van der Waals surface area contributed by atoms with Gasteiger partial charge >= 0.3 is 0 Å². The number of nitrogens with zero attached hydrogens (tertiary/aromatic N) is 1. The second kappa shape index (κ2) is 11.4. The SMILES string of the molecule is CCCNCCNC(=O)c1cccc(-c2nc(C)cs2)c1.Cl.Cl. The van der Waals surface area contributed by atoms with Gasteiger partial charge in [0.05, 0.1) is 0 Å². The minimum Gasteiger partial charge on any atom is -0.351 e. The van der Waals surface area contributed by atoms with Crippen molar-refractivity contribution in [3.63, 3.8) is 0 Å². The Bertz CT molecular complexity index is 605. The molecule has 1 heterocycles. The van der Waals surface area contributed by atoms with Crippen LogP contribution < -0.4 is 10.6 Å². The Morgan fingerprint density at radius 3 is 2.65 bits per heavy atom. The van der Waals surface area contributed by atoms with Gasteiger partial charge in [-0.25, -0.2) is 4.98 Å². The van der Waals surface area contributed by atoms with E-state index in [1.54, 1.807) is 11.3 Å². The average molecular weight is 376 g/mol. The highest BCUT2D eigenvalue weighted by molar-refractivity contribution is 7.13. The number of carbonyl (C=O) groups is 1. The quantitative estimate of drug-likeness (QED) is 0.725. The summed E-state index contributed by atoms with van der Waals surface area (Å²) in [6.07, 6.45) is 1.10. The van der Waals surface area contributed by atoms with Crippen molar-refractivity contribution in [2.45, 2.75) is 20.3 Å². The first-order chi connectivity index (χ1) is 10.2. The molecule has 2 aromatic rings. The van der Waals surface area contributed by atoms with Gasteiger partial charge in [-0.2, -0.15) is 0 Å². The number of benzene rings is 1. The number of aromatic nitrogens is 1. The van der Waals surface area contributed by atoms with Crippen LogP contribution >= 0.6 is 36.2 Å². The van der Waals surface area contributed by atoms with Crippen molar-refractivity contribution < 1.29 is 4.79 Å². The minimum absolute atomic E-state index is 0. The first kappa shape index (κ1) is 21.9. The molecule has 0 fully saturated rings. The predicted octanol–water partition coefficient (Wildman–Crippen LogP) is 3.69. The molecule has 2 rings (SSSR count). The van der Waals surface area contributed by atoms with Crippen LogP contribution in [0, 0.1) is 6.92 Å². The van der Waals surface area contributed by atoms with Gasteiger partial charge in [-0.1, -0.05) is 19.1 Å². The molecule has 1 aromatic carbocycles. The Labute approximate surface area is 153 Å². The number of hydrogen-bond acceptors (Lipinski definition) is 4. The monoisotopic (exact) mass is 375 g/mol. The van der Waals surface area contributed by atoms with Gasteiger partial charge in [0.25, 0.3) is 5.91 Å². The van der Waals surface area contributed by atoms with Crippen LogP contribution in [0.4, 0.5) is 0 Å². The molecule has 4 nitrogen and oxygen atoms in total. The summed E-state index contributed by atoms with van der Waals surface area (Å²) in [5.41, 5.74) is 2.67. The highest BCUT2D eigenvalue weighted by Crippen LogP contribution is 2.24. The van der Waals surface area contributed by atoms with Gasteiger partial charge in [0.2, 0.25) is 0 Å². The Kier molecular flexibility index (Phi) is 10.8. The van der Waals surface area contributed by atoms with Gasteiger partial charge in [0.1, 0.15) is 5.01 Å². The second-order valence-corrected chi connectivity index (χ2v) is 5.74. The predicted molar refractivity (Wildman–Crippen MR) is 102 cm³/mol. The molecule has 0 atom stereocenters. The lowest BCUT2D eigenvalue weighted by Crippen LogP contribution is -2.32. The van der Waals surface area contributed by atoms with Gasteiger partial charge in [-0.15, -0.1) is 36.2 Å². The Balaban J connectivity index is 0.00000242. The topological polar surface area (TPSA) is 54.0 Å². The number of thiazole rings is 1. The Morgan fingerprint density at radius 1 is 1.22 bits per heavy atom. The maximum absolute atomic E-state index is 12.1. The first-order valence-electron chi connectivity index (χ1n) is 7.22. The summed E-state index contributed by atoms with van der Waals surface area (Å²) >= 11 is 1.60. The molecule has 1 aromatic heterocycles. The van der Waals surface area contributed by atoms with Gasteiger partial charge < -0.3 is 10.6 Å². The molecule has 0 saturated carbocycles. The van der Waals surface area contributed by atoms with Crippen LogP contribution in [0.3, 0.4) is 0 Å². The van der Waals surface area contributed by atoms with Crippen molar-refractivity contribution in [2.24, 2.45) is 0 Å². The maximum atomic E-state index is 12.1.